The maximum atomic E-state index is 13.6. The number of methoxy groups -OCH3 is 1. The van der Waals surface area contributed by atoms with Crippen LogP contribution < -0.4 is 15.0 Å². The molecule has 2 amide bonds. The van der Waals surface area contributed by atoms with Crippen LogP contribution in [-0.4, -0.2) is 18.9 Å². The quantitative estimate of drug-likeness (QED) is 0.513. The molecule has 5 nitrogen and oxygen atoms in total. The lowest BCUT2D eigenvalue weighted by Crippen LogP contribution is -2.33. The van der Waals surface area contributed by atoms with Crippen molar-refractivity contribution in [1.82, 2.24) is 0 Å². The number of nitrogens with zero attached hydrogens (tertiary/aromatic N) is 1. The smallest absolute Gasteiger partial charge is 0.282 e. The second-order valence-corrected chi connectivity index (χ2v) is 8.23. The van der Waals surface area contributed by atoms with Gasteiger partial charge in [-0.1, -0.05) is 35.4 Å². The molecular formula is C26H23ClN2O3. The van der Waals surface area contributed by atoms with Gasteiger partial charge in [-0.15, -0.1) is 0 Å². The molecule has 0 saturated carbocycles. The van der Waals surface area contributed by atoms with Crippen LogP contribution in [0.1, 0.15) is 22.3 Å². The van der Waals surface area contributed by atoms with Gasteiger partial charge >= 0.3 is 0 Å². The fourth-order valence-electron chi connectivity index (χ4n) is 3.90. The molecule has 0 atom stereocenters. The molecule has 0 saturated heterocycles. The number of rotatable bonds is 5. The zero-order valence-corrected chi connectivity index (χ0v) is 19.1. The second kappa shape index (κ2) is 8.52. The molecule has 1 aliphatic heterocycles. The van der Waals surface area contributed by atoms with Gasteiger partial charge in [-0.3, -0.25) is 9.59 Å². The summed E-state index contributed by atoms with van der Waals surface area (Å²) in [5.74, 6) is -0.0824. The summed E-state index contributed by atoms with van der Waals surface area (Å²) in [6.45, 7) is 5.76. The standard InChI is InChI=1S/C26H23ClN2O3/c1-15-5-11-21(16(2)13-15)23-24(28-19-7-9-20(32-4)10-8-19)26(31)29(25(23)30)22-12-6-18(27)14-17(22)3/h5-14,28H,1-4H3. The number of carbonyl (C=O) groups excluding carboxylic acids is 2. The molecule has 0 aromatic heterocycles. The molecule has 162 valence electrons. The third-order valence-electron chi connectivity index (χ3n) is 5.49. The van der Waals surface area contributed by atoms with E-state index in [1.807, 2.05) is 39.0 Å². The minimum absolute atomic E-state index is 0.237. The SMILES string of the molecule is COc1ccc(NC2=C(c3ccc(C)cc3C)C(=O)N(c3ccc(Cl)cc3C)C2=O)cc1. The highest BCUT2D eigenvalue weighted by Crippen LogP contribution is 2.37. The lowest BCUT2D eigenvalue weighted by atomic mass is 9.97. The van der Waals surface area contributed by atoms with Gasteiger partial charge in [0.15, 0.2) is 0 Å². The Morgan fingerprint density at radius 3 is 2.19 bits per heavy atom. The van der Waals surface area contributed by atoms with Crippen LogP contribution in [0, 0.1) is 20.8 Å². The zero-order chi connectivity index (χ0) is 23.0. The average Bonchev–Trinajstić information content (AvgIpc) is 2.99. The highest BCUT2D eigenvalue weighted by atomic mass is 35.5. The first kappa shape index (κ1) is 21.7. The van der Waals surface area contributed by atoms with Gasteiger partial charge in [0.1, 0.15) is 11.4 Å². The van der Waals surface area contributed by atoms with E-state index in [9.17, 15) is 9.59 Å². The Bertz CT molecular complexity index is 1260. The molecule has 0 bridgehead atoms. The van der Waals surface area contributed by atoms with Gasteiger partial charge in [0.25, 0.3) is 11.8 Å². The molecule has 0 spiro atoms. The Kier molecular flexibility index (Phi) is 5.76. The number of carbonyl (C=O) groups is 2. The molecule has 32 heavy (non-hydrogen) atoms. The van der Waals surface area contributed by atoms with Crippen molar-refractivity contribution in [3.63, 3.8) is 0 Å². The van der Waals surface area contributed by atoms with Gasteiger partial charge in [-0.2, -0.15) is 0 Å². The molecule has 0 radical (unpaired) electrons. The van der Waals surface area contributed by atoms with E-state index in [0.717, 1.165) is 22.3 Å². The fraction of sp³-hybridized carbons (Fsp3) is 0.154. The van der Waals surface area contributed by atoms with E-state index in [4.69, 9.17) is 16.3 Å². The number of imide groups is 1. The average molecular weight is 447 g/mol. The number of ether oxygens (including phenoxy) is 1. The van der Waals surface area contributed by atoms with Crippen molar-refractivity contribution in [3.05, 3.63) is 93.6 Å². The summed E-state index contributed by atoms with van der Waals surface area (Å²) in [5, 5.41) is 3.73. The summed E-state index contributed by atoms with van der Waals surface area (Å²) < 4.78 is 5.21. The summed E-state index contributed by atoms with van der Waals surface area (Å²) >= 11 is 6.10. The number of anilines is 2. The number of aryl methyl sites for hydroxylation is 3. The Hall–Kier alpha value is -3.57. The maximum absolute atomic E-state index is 13.6. The fourth-order valence-corrected chi connectivity index (χ4v) is 4.12. The zero-order valence-electron chi connectivity index (χ0n) is 18.3. The Morgan fingerprint density at radius 2 is 1.56 bits per heavy atom. The lowest BCUT2D eigenvalue weighted by Gasteiger charge is -2.18. The van der Waals surface area contributed by atoms with Crippen LogP contribution in [0.2, 0.25) is 5.02 Å². The van der Waals surface area contributed by atoms with Gasteiger partial charge in [0, 0.05) is 10.7 Å². The summed E-state index contributed by atoms with van der Waals surface area (Å²) in [4.78, 5) is 28.4. The summed E-state index contributed by atoms with van der Waals surface area (Å²) in [6.07, 6.45) is 0. The maximum Gasteiger partial charge on any atom is 0.282 e. The van der Waals surface area contributed by atoms with Gasteiger partial charge in [0.05, 0.1) is 18.4 Å². The third kappa shape index (κ3) is 3.87. The van der Waals surface area contributed by atoms with E-state index in [1.165, 1.54) is 4.90 Å². The van der Waals surface area contributed by atoms with Crippen LogP contribution in [-0.2, 0) is 9.59 Å². The van der Waals surface area contributed by atoms with E-state index in [1.54, 1.807) is 49.6 Å². The van der Waals surface area contributed by atoms with Crippen molar-refractivity contribution in [2.75, 3.05) is 17.3 Å². The molecule has 1 heterocycles. The van der Waals surface area contributed by atoms with Crippen molar-refractivity contribution in [3.8, 4) is 5.75 Å². The number of halogens is 1. The normalized spacial score (nSPS) is 13.7. The number of benzene rings is 3. The summed E-state index contributed by atoms with van der Waals surface area (Å²) in [7, 11) is 1.59. The van der Waals surface area contributed by atoms with Crippen molar-refractivity contribution in [1.29, 1.82) is 0 Å². The Labute approximate surface area is 192 Å². The van der Waals surface area contributed by atoms with E-state index < -0.39 is 5.91 Å². The molecule has 6 heteroatoms. The van der Waals surface area contributed by atoms with E-state index in [0.29, 0.717) is 27.7 Å². The molecular weight excluding hydrogens is 424 g/mol. The lowest BCUT2D eigenvalue weighted by molar-refractivity contribution is -0.120. The first-order valence-corrected chi connectivity index (χ1v) is 10.6. The molecule has 1 N–H and O–H groups in total. The van der Waals surface area contributed by atoms with Gasteiger partial charge < -0.3 is 10.1 Å². The largest absolute Gasteiger partial charge is 0.497 e. The van der Waals surface area contributed by atoms with Crippen LogP contribution in [0.25, 0.3) is 5.57 Å². The van der Waals surface area contributed by atoms with Crippen LogP contribution in [0.3, 0.4) is 0 Å². The highest BCUT2D eigenvalue weighted by Gasteiger charge is 2.41. The minimum atomic E-state index is -0.411. The third-order valence-corrected chi connectivity index (χ3v) is 5.73. The van der Waals surface area contributed by atoms with Crippen LogP contribution in [0.4, 0.5) is 11.4 Å². The van der Waals surface area contributed by atoms with Gasteiger partial charge in [-0.25, -0.2) is 4.90 Å². The molecule has 1 aliphatic rings. The Morgan fingerprint density at radius 1 is 0.844 bits per heavy atom. The van der Waals surface area contributed by atoms with E-state index >= 15 is 0 Å². The van der Waals surface area contributed by atoms with Crippen molar-refractivity contribution in [2.24, 2.45) is 0 Å². The first-order valence-electron chi connectivity index (χ1n) is 10.2. The number of hydrogen-bond acceptors (Lipinski definition) is 4. The van der Waals surface area contributed by atoms with Crippen molar-refractivity contribution in [2.45, 2.75) is 20.8 Å². The number of amides is 2. The van der Waals surface area contributed by atoms with Crippen LogP contribution in [0.5, 0.6) is 5.75 Å². The molecule has 3 aromatic rings. The number of nitrogens with one attached hydrogen (secondary N) is 1. The van der Waals surface area contributed by atoms with Crippen LogP contribution >= 0.6 is 11.6 Å². The predicted molar refractivity (Wildman–Crippen MR) is 128 cm³/mol. The van der Waals surface area contributed by atoms with Crippen molar-refractivity contribution >= 4 is 40.4 Å². The van der Waals surface area contributed by atoms with Gasteiger partial charge in [0.2, 0.25) is 0 Å². The topological polar surface area (TPSA) is 58.6 Å². The van der Waals surface area contributed by atoms with Crippen molar-refractivity contribution < 1.29 is 14.3 Å². The molecule has 0 unspecified atom stereocenters. The highest BCUT2D eigenvalue weighted by molar-refractivity contribution is 6.46. The van der Waals surface area contributed by atoms with Gasteiger partial charge in [-0.05, 0) is 79.9 Å². The summed E-state index contributed by atoms with van der Waals surface area (Å²) in [6, 6.07) is 18.1. The molecule has 0 aliphatic carbocycles. The van der Waals surface area contributed by atoms with E-state index in [2.05, 4.69) is 5.32 Å². The van der Waals surface area contributed by atoms with E-state index in [-0.39, 0.29) is 11.6 Å². The summed E-state index contributed by atoms with van der Waals surface area (Å²) in [5.41, 5.74) is 5.24. The van der Waals surface area contributed by atoms with Crippen LogP contribution in [0.15, 0.2) is 66.4 Å². The molecule has 3 aromatic carbocycles. The monoisotopic (exact) mass is 446 g/mol. The minimum Gasteiger partial charge on any atom is -0.497 e. The molecule has 0 fully saturated rings. The Balaban J connectivity index is 1.85. The predicted octanol–water partition coefficient (Wildman–Crippen LogP) is 5.67. The first-order chi connectivity index (χ1) is 15.3. The number of hydrogen-bond donors (Lipinski definition) is 1. The second-order valence-electron chi connectivity index (χ2n) is 7.80. The molecule has 4 rings (SSSR count).